The molecule has 1 unspecified atom stereocenters. The molecule has 0 fully saturated rings. The predicted molar refractivity (Wildman–Crippen MR) is 81.1 cm³/mol. The van der Waals surface area contributed by atoms with Crippen molar-refractivity contribution in [2.24, 2.45) is 21.9 Å². The molecule has 0 spiro atoms. The summed E-state index contributed by atoms with van der Waals surface area (Å²) in [7, 11) is 2.00. The zero-order valence-electron chi connectivity index (χ0n) is 12.1. The van der Waals surface area contributed by atoms with Gasteiger partial charge in [-0.05, 0) is 51.8 Å². The zero-order chi connectivity index (χ0) is 13.8. The highest BCUT2D eigenvalue weighted by Gasteiger charge is 2.07. The van der Waals surface area contributed by atoms with Crippen molar-refractivity contribution in [3.8, 4) is 0 Å². The van der Waals surface area contributed by atoms with Crippen LogP contribution in [0.25, 0.3) is 0 Å². The third-order valence-electron chi connectivity index (χ3n) is 2.96. The number of hydrogen-bond donors (Lipinski definition) is 2. The lowest BCUT2D eigenvalue weighted by Gasteiger charge is -2.15. The molecule has 0 aliphatic carbocycles. The van der Waals surface area contributed by atoms with Crippen LogP contribution in [0.3, 0.4) is 0 Å². The van der Waals surface area contributed by atoms with Crippen molar-refractivity contribution < 1.29 is 0 Å². The first-order chi connectivity index (χ1) is 8.63. The molecule has 0 amide bonds. The van der Waals surface area contributed by atoms with E-state index >= 15 is 0 Å². The molecule has 18 heavy (non-hydrogen) atoms. The number of nitrogens with two attached hydrogens (primary N) is 1. The van der Waals surface area contributed by atoms with E-state index in [1.54, 1.807) is 0 Å². The molecule has 104 valence electrons. The van der Waals surface area contributed by atoms with E-state index in [0.29, 0.717) is 0 Å². The molecule has 0 aliphatic heterocycles. The summed E-state index contributed by atoms with van der Waals surface area (Å²) in [5.41, 5.74) is 7.67. The van der Waals surface area contributed by atoms with Gasteiger partial charge in [-0.25, -0.2) is 0 Å². The summed E-state index contributed by atoms with van der Waals surface area (Å²) < 4.78 is 0. The maximum atomic E-state index is 5.98. The Labute approximate surface area is 111 Å². The van der Waals surface area contributed by atoms with E-state index in [0.717, 1.165) is 36.7 Å². The van der Waals surface area contributed by atoms with E-state index in [2.05, 4.69) is 29.2 Å². The average Bonchev–Trinajstić information content (AvgIpc) is 2.33. The Kier molecular flexibility index (Phi) is 10.3. The van der Waals surface area contributed by atoms with Crippen LogP contribution in [-0.2, 0) is 0 Å². The van der Waals surface area contributed by atoms with Crippen molar-refractivity contribution in [1.29, 1.82) is 0 Å². The fraction of sp³-hybridized carbons (Fsp3) is 0.714. The molecule has 4 nitrogen and oxygen atoms in total. The van der Waals surface area contributed by atoms with Gasteiger partial charge in [0, 0.05) is 12.4 Å². The minimum Gasteiger partial charge on any atom is -0.402 e. The van der Waals surface area contributed by atoms with Gasteiger partial charge in [0.15, 0.2) is 0 Å². The van der Waals surface area contributed by atoms with E-state index in [1.807, 2.05) is 20.0 Å². The molecule has 0 aromatic heterocycles. The van der Waals surface area contributed by atoms with Gasteiger partial charge in [0.2, 0.25) is 0 Å². The Balaban J connectivity index is 4.16. The Morgan fingerprint density at radius 3 is 2.67 bits per heavy atom. The van der Waals surface area contributed by atoms with Gasteiger partial charge in [-0.15, -0.1) is 0 Å². The van der Waals surface area contributed by atoms with Gasteiger partial charge >= 0.3 is 0 Å². The van der Waals surface area contributed by atoms with E-state index in [1.165, 1.54) is 19.3 Å². The molecule has 0 aliphatic rings. The van der Waals surface area contributed by atoms with Crippen LogP contribution < -0.4 is 11.1 Å². The van der Waals surface area contributed by atoms with Crippen molar-refractivity contribution in [2.75, 3.05) is 13.6 Å². The van der Waals surface area contributed by atoms with Gasteiger partial charge in [0.25, 0.3) is 0 Å². The van der Waals surface area contributed by atoms with Gasteiger partial charge in [-0.2, -0.15) is 10.2 Å². The van der Waals surface area contributed by atoms with E-state index in [-0.39, 0.29) is 0 Å². The SMILES string of the molecule is C=N/N=C(C)\C=C(\N)CCC(CCC)CCNC. The van der Waals surface area contributed by atoms with Crippen molar-refractivity contribution in [3.05, 3.63) is 11.8 Å². The molecular formula is C14H28N4. The maximum absolute atomic E-state index is 5.98. The van der Waals surface area contributed by atoms with Gasteiger partial charge in [0.1, 0.15) is 0 Å². The van der Waals surface area contributed by atoms with Crippen molar-refractivity contribution in [1.82, 2.24) is 5.32 Å². The second-order valence-corrected chi connectivity index (χ2v) is 4.69. The topological polar surface area (TPSA) is 62.8 Å². The molecule has 3 N–H and O–H groups in total. The lowest BCUT2D eigenvalue weighted by Crippen LogP contribution is -2.14. The molecule has 0 heterocycles. The summed E-state index contributed by atoms with van der Waals surface area (Å²) in [4.78, 5) is 0. The van der Waals surface area contributed by atoms with Crippen molar-refractivity contribution in [3.63, 3.8) is 0 Å². The molecule has 0 aromatic rings. The number of nitrogens with zero attached hydrogens (tertiary/aromatic N) is 2. The smallest absolute Gasteiger partial charge is 0.0616 e. The lowest BCUT2D eigenvalue weighted by atomic mass is 9.93. The number of rotatable bonds is 10. The number of allylic oxidation sites excluding steroid dienone is 2. The summed E-state index contributed by atoms with van der Waals surface area (Å²) in [6.45, 7) is 8.52. The quantitative estimate of drug-likeness (QED) is 0.464. The molecule has 4 heteroatoms. The third-order valence-corrected chi connectivity index (χ3v) is 2.96. The standard InChI is InChI=1S/C14H28N4/c1-5-6-13(9-10-16-3)7-8-14(15)11-12(2)18-17-4/h11,13,16H,4-10,15H2,1-3H3/b14-11+,18-12-. The Hall–Kier alpha value is -1.16. The van der Waals surface area contributed by atoms with Crippen LogP contribution in [0.4, 0.5) is 0 Å². The minimum absolute atomic E-state index is 0.754. The summed E-state index contributed by atoms with van der Waals surface area (Å²) in [6.07, 6.45) is 7.69. The molecule has 0 aromatic carbocycles. The molecular weight excluding hydrogens is 224 g/mol. The average molecular weight is 252 g/mol. The predicted octanol–water partition coefficient (Wildman–Crippen LogP) is 2.71. The Bertz CT molecular complexity index is 282. The van der Waals surface area contributed by atoms with Crippen molar-refractivity contribution in [2.45, 2.75) is 46.0 Å². The summed E-state index contributed by atoms with van der Waals surface area (Å²) in [6, 6.07) is 0. The Morgan fingerprint density at radius 2 is 2.11 bits per heavy atom. The van der Waals surface area contributed by atoms with Crippen LogP contribution in [0.1, 0.15) is 46.0 Å². The molecule has 0 bridgehead atoms. The first kappa shape index (κ1) is 16.8. The summed E-state index contributed by atoms with van der Waals surface area (Å²) in [5, 5.41) is 10.5. The van der Waals surface area contributed by atoms with Crippen LogP contribution in [0.15, 0.2) is 22.0 Å². The van der Waals surface area contributed by atoms with E-state index in [9.17, 15) is 0 Å². The van der Waals surface area contributed by atoms with Crippen LogP contribution >= 0.6 is 0 Å². The summed E-state index contributed by atoms with van der Waals surface area (Å²) in [5.74, 6) is 0.754. The number of hydrogen-bond acceptors (Lipinski definition) is 4. The lowest BCUT2D eigenvalue weighted by molar-refractivity contribution is 0.409. The van der Waals surface area contributed by atoms with Crippen LogP contribution in [0.5, 0.6) is 0 Å². The van der Waals surface area contributed by atoms with E-state index in [4.69, 9.17) is 5.73 Å². The second-order valence-electron chi connectivity index (χ2n) is 4.69. The van der Waals surface area contributed by atoms with Crippen LogP contribution in [-0.4, -0.2) is 26.0 Å². The fourth-order valence-electron chi connectivity index (χ4n) is 2.04. The zero-order valence-corrected chi connectivity index (χ0v) is 12.1. The highest BCUT2D eigenvalue weighted by molar-refractivity contribution is 5.93. The molecule has 0 radical (unpaired) electrons. The molecule has 0 saturated carbocycles. The monoisotopic (exact) mass is 252 g/mol. The third kappa shape index (κ3) is 8.93. The summed E-state index contributed by atoms with van der Waals surface area (Å²) >= 11 is 0. The van der Waals surface area contributed by atoms with E-state index < -0.39 is 0 Å². The highest BCUT2D eigenvalue weighted by atomic mass is 15.2. The van der Waals surface area contributed by atoms with Crippen LogP contribution in [0, 0.1) is 5.92 Å². The van der Waals surface area contributed by atoms with Crippen LogP contribution in [0.2, 0.25) is 0 Å². The van der Waals surface area contributed by atoms with Gasteiger partial charge in [0.05, 0.1) is 5.71 Å². The van der Waals surface area contributed by atoms with Crippen molar-refractivity contribution >= 4 is 12.4 Å². The minimum atomic E-state index is 0.754. The largest absolute Gasteiger partial charge is 0.402 e. The first-order valence-electron chi connectivity index (χ1n) is 6.74. The highest BCUT2D eigenvalue weighted by Crippen LogP contribution is 2.18. The normalized spacial score (nSPS) is 14.6. The van der Waals surface area contributed by atoms with Gasteiger partial charge in [-0.1, -0.05) is 19.8 Å². The maximum Gasteiger partial charge on any atom is 0.0616 e. The van der Waals surface area contributed by atoms with Gasteiger partial charge in [-0.3, -0.25) is 0 Å². The molecule has 0 saturated heterocycles. The fourth-order valence-corrected chi connectivity index (χ4v) is 2.04. The molecule has 0 rings (SSSR count). The molecule has 1 atom stereocenters. The Morgan fingerprint density at radius 1 is 1.39 bits per heavy atom. The number of nitrogens with one attached hydrogen (secondary N) is 1. The second kappa shape index (κ2) is 11.0. The van der Waals surface area contributed by atoms with Gasteiger partial charge < -0.3 is 11.1 Å². The first-order valence-corrected chi connectivity index (χ1v) is 6.74.